The van der Waals surface area contributed by atoms with Gasteiger partial charge in [-0.25, -0.2) is 18.4 Å². The molecule has 1 fully saturated rings. The van der Waals surface area contributed by atoms with Gasteiger partial charge in [-0.1, -0.05) is 23.7 Å². The number of nitro benzene ring substituents is 1. The van der Waals surface area contributed by atoms with E-state index in [-0.39, 0.29) is 22.2 Å². The standard InChI is InChI=1S/C17H15ClN4O6S/c1-17(11-3-6-13(7-4-11)29(19,27)28)15(23)21(16(24)20-17)9-10-2-5-12(22(25)26)8-14(10)18/h2-8H,9H2,1H3,(H,20,24)(H2,19,27,28)/t17-/m1/s1. The Hall–Kier alpha value is -3.02. The third kappa shape index (κ3) is 3.79. The zero-order chi connectivity index (χ0) is 21.6. The number of nitrogens with zero attached hydrogens (tertiary/aromatic N) is 2. The molecule has 3 N–H and O–H groups in total. The van der Waals surface area contributed by atoms with Crippen LogP contribution in [0.2, 0.25) is 5.02 Å². The Kier molecular flexibility index (Phi) is 5.07. The molecule has 0 saturated carbocycles. The first-order valence-corrected chi connectivity index (χ1v) is 10.1. The maximum absolute atomic E-state index is 13.0. The molecule has 0 spiro atoms. The van der Waals surface area contributed by atoms with Crippen LogP contribution >= 0.6 is 11.6 Å². The molecule has 1 aliphatic rings. The molecule has 10 nitrogen and oxygen atoms in total. The number of nitrogens with one attached hydrogen (secondary N) is 1. The second kappa shape index (κ2) is 7.10. The Morgan fingerprint density at radius 1 is 1.21 bits per heavy atom. The van der Waals surface area contributed by atoms with E-state index in [1.54, 1.807) is 0 Å². The predicted molar refractivity (Wildman–Crippen MR) is 102 cm³/mol. The molecule has 3 rings (SSSR count). The number of hydrogen-bond acceptors (Lipinski definition) is 6. The second-order valence-corrected chi connectivity index (χ2v) is 8.52. The summed E-state index contributed by atoms with van der Waals surface area (Å²) in [5, 5.41) is 18.5. The number of rotatable bonds is 5. The van der Waals surface area contributed by atoms with Crippen LogP contribution in [0.5, 0.6) is 0 Å². The number of sulfonamides is 1. The van der Waals surface area contributed by atoms with Crippen LogP contribution in [0.3, 0.4) is 0 Å². The molecule has 29 heavy (non-hydrogen) atoms. The van der Waals surface area contributed by atoms with Gasteiger partial charge in [-0.15, -0.1) is 0 Å². The minimum atomic E-state index is -3.90. The summed E-state index contributed by atoms with van der Waals surface area (Å²) in [5.41, 5.74) is -0.924. The van der Waals surface area contributed by atoms with Crippen LogP contribution in [0.1, 0.15) is 18.1 Å². The average molecular weight is 439 g/mol. The van der Waals surface area contributed by atoms with Gasteiger partial charge in [0.1, 0.15) is 5.54 Å². The lowest BCUT2D eigenvalue weighted by molar-refractivity contribution is -0.384. The Morgan fingerprint density at radius 3 is 2.34 bits per heavy atom. The fraction of sp³-hybridized carbons (Fsp3) is 0.176. The van der Waals surface area contributed by atoms with E-state index in [0.29, 0.717) is 11.1 Å². The van der Waals surface area contributed by atoms with E-state index in [1.807, 2.05) is 0 Å². The van der Waals surface area contributed by atoms with Gasteiger partial charge in [-0.2, -0.15) is 0 Å². The predicted octanol–water partition coefficient (Wildman–Crippen LogP) is 1.86. The number of halogens is 1. The largest absolute Gasteiger partial charge is 0.325 e. The Bertz CT molecular complexity index is 1140. The highest BCUT2D eigenvalue weighted by atomic mass is 35.5. The molecule has 0 aromatic heterocycles. The van der Waals surface area contributed by atoms with Gasteiger partial charge in [0.2, 0.25) is 10.0 Å². The molecule has 1 atom stereocenters. The fourth-order valence-corrected chi connectivity index (χ4v) is 3.71. The summed E-state index contributed by atoms with van der Waals surface area (Å²) in [4.78, 5) is 36.4. The van der Waals surface area contributed by atoms with Gasteiger partial charge >= 0.3 is 6.03 Å². The monoisotopic (exact) mass is 438 g/mol. The van der Waals surface area contributed by atoms with Gasteiger partial charge in [-0.3, -0.25) is 19.8 Å². The van der Waals surface area contributed by atoms with Crippen molar-refractivity contribution in [2.24, 2.45) is 5.14 Å². The van der Waals surface area contributed by atoms with E-state index in [1.165, 1.54) is 43.3 Å². The highest BCUT2D eigenvalue weighted by Crippen LogP contribution is 2.32. The lowest BCUT2D eigenvalue weighted by Gasteiger charge is -2.22. The van der Waals surface area contributed by atoms with Crippen molar-refractivity contribution in [1.29, 1.82) is 0 Å². The molecule has 0 aliphatic carbocycles. The van der Waals surface area contributed by atoms with Gasteiger partial charge in [-0.05, 0) is 36.2 Å². The smallest absolute Gasteiger partial charge is 0.319 e. The van der Waals surface area contributed by atoms with Gasteiger partial charge in [0, 0.05) is 12.1 Å². The number of carbonyl (C=O) groups excluding carboxylic acids is 2. The Balaban J connectivity index is 1.88. The maximum atomic E-state index is 13.0. The van der Waals surface area contributed by atoms with Crippen LogP contribution in [-0.4, -0.2) is 30.2 Å². The minimum absolute atomic E-state index is 0.0471. The Labute approximate surface area is 170 Å². The molecule has 2 aromatic carbocycles. The number of primary sulfonamides is 1. The molecular formula is C17H15ClN4O6S. The van der Waals surface area contributed by atoms with Crippen molar-refractivity contribution >= 4 is 39.2 Å². The number of nitrogens with two attached hydrogens (primary N) is 1. The van der Waals surface area contributed by atoms with Gasteiger partial charge in [0.25, 0.3) is 11.6 Å². The van der Waals surface area contributed by atoms with Crippen LogP contribution in [0.25, 0.3) is 0 Å². The fourth-order valence-electron chi connectivity index (χ4n) is 2.96. The number of urea groups is 1. The normalized spacial score (nSPS) is 19.3. The SMILES string of the molecule is C[C@]1(c2ccc(S(N)(=O)=O)cc2)NC(=O)N(Cc2ccc([N+](=O)[O-])cc2Cl)C1=O. The lowest BCUT2D eigenvalue weighted by atomic mass is 9.92. The van der Waals surface area contributed by atoms with Crippen LogP contribution in [-0.2, 0) is 26.9 Å². The molecule has 0 unspecified atom stereocenters. The summed E-state index contributed by atoms with van der Waals surface area (Å²) < 4.78 is 22.8. The van der Waals surface area contributed by atoms with Crippen molar-refractivity contribution in [2.45, 2.75) is 23.9 Å². The highest BCUT2D eigenvalue weighted by Gasteiger charge is 2.49. The zero-order valence-corrected chi connectivity index (χ0v) is 16.5. The Morgan fingerprint density at radius 2 is 1.83 bits per heavy atom. The summed E-state index contributed by atoms with van der Waals surface area (Å²) in [6.45, 7) is 1.29. The van der Waals surface area contributed by atoms with Crippen molar-refractivity contribution in [3.05, 3.63) is 68.7 Å². The second-order valence-electron chi connectivity index (χ2n) is 6.55. The number of amides is 3. The van der Waals surface area contributed by atoms with Crippen LogP contribution in [0, 0.1) is 10.1 Å². The van der Waals surface area contributed by atoms with E-state index < -0.39 is 32.4 Å². The first-order valence-electron chi connectivity index (χ1n) is 8.14. The molecule has 2 aromatic rings. The molecule has 1 heterocycles. The third-order valence-corrected chi connectivity index (χ3v) is 5.89. The van der Waals surface area contributed by atoms with E-state index >= 15 is 0 Å². The summed E-state index contributed by atoms with van der Waals surface area (Å²) in [5.74, 6) is -0.583. The third-order valence-electron chi connectivity index (χ3n) is 4.61. The molecular weight excluding hydrogens is 424 g/mol. The van der Waals surface area contributed by atoms with Gasteiger partial charge in [0.15, 0.2) is 0 Å². The van der Waals surface area contributed by atoms with E-state index in [4.69, 9.17) is 16.7 Å². The highest BCUT2D eigenvalue weighted by molar-refractivity contribution is 7.89. The molecule has 3 amide bonds. The van der Waals surface area contributed by atoms with E-state index in [9.17, 15) is 28.1 Å². The van der Waals surface area contributed by atoms with Crippen molar-refractivity contribution in [2.75, 3.05) is 0 Å². The number of carbonyl (C=O) groups is 2. The summed E-state index contributed by atoms with van der Waals surface area (Å²) in [7, 11) is -3.90. The maximum Gasteiger partial charge on any atom is 0.325 e. The van der Waals surface area contributed by atoms with E-state index in [2.05, 4.69) is 5.32 Å². The molecule has 0 radical (unpaired) electrons. The summed E-state index contributed by atoms with van der Waals surface area (Å²) >= 11 is 6.05. The van der Waals surface area contributed by atoms with Crippen LogP contribution < -0.4 is 10.5 Å². The van der Waals surface area contributed by atoms with Crippen molar-refractivity contribution < 1.29 is 22.9 Å². The number of benzene rings is 2. The van der Waals surface area contributed by atoms with Crippen LogP contribution in [0.15, 0.2) is 47.4 Å². The summed E-state index contributed by atoms with van der Waals surface area (Å²) in [6, 6.07) is 8.32. The number of nitro groups is 1. The molecule has 12 heteroatoms. The number of hydrogen-bond donors (Lipinski definition) is 2. The topological polar surface area (TPSA) is 153 Å². The minimum Gasteiger partial charge on any atom is -0.319 e. The van der Waals surface area contributed by atoms with Gasteiger partial charge < -0.3 is 5.32 Å². The van der Waals surface area contributed by atoms with Gasteiger partial charge in [0.05, 0.1) is 21.4 Å². The molecule has 0 bridgehead atoms. The van der Waals surface area contributed by atoms with Crippen molar-refractivity contribution in [1.82, 2.24) is 10.2 Å². The van der Waals surface area contributed by atoms with Crippen molar-refractivity contribution in [3.8, 4) is 0 Å². The molecule has 1 saturated heterocycles. The zero-order valence-electron chi connectivity index (χ0n) is 15.0. The first kappa shape index (κ1) is 20.7. The number of non-ortho nitro benzene ring substituents is 1. The number of imide groups is 1. The average Bonchev–Trinajstić information content (AvgIpc) is 2.86. The van der Waals surface area contributed by atoms with Crippen LogP contribution in [0.4, 0.5) is 10.5 Å². The quantitative estimate of drug-likeness (QED) is 0.412. The summed E-state index contributed by atoms with van der Waals surface area (Å²) in [6.07, 6.45) is 0. The molecule has 152 valence electrons. The first-order chi connectivity index (χ1) is 13.4. The van der Waals surface area contributed by atoms with E-state index in [0.717, 1.165) is 11.0 Å². The lowest BCUT2D eigenvalue weighted by Crippen LogP contribution is -2.40. The molecule has 1 aliphatic heterocycles. The van der Waals surface area contributed by atoms with Crippen molar-refractivity contribution in [3.63, 3.8) is 0 Å².